The molecular formula is C13H20S. The molecule has 0 radical (unpaired) electrons. The van der Waals surface area contributed by atoms with E-state index >= 15 is 0 Å². The SMILES string of the molecule is C/C=C\c1c(CC(C)(C)C)csc1C. The van der Waals surface area contributed by atoms with E-state index in [0.717, 1.165) is 6.42 Å². The summed E-state index contributed by atoms with van der Waals surface area (Å²) in [5, 5.41) is 2.30. The van der Waals surface area contributed by atoms with Crippen molar-refractivity contribution in [1.82, 2.24) is 0 Å². The third-order valence-electron chi connectivity index (χ3n) is 2.16. The van der Waals surface area contributed by atoms with Gasteiger partial charge in [-0.15, -0.1) is 11.3 Å². The fourth-order valence-electron chi connectivity index (χ4n) is 1.61. The molecule has 0 N–H and O–H groups in total. The highest BCUT2D eigenvalue weighted by atomic mass is 32.1. The first kappa shape index (κ1) is 11.5. The molecular weight excluding hydrogens is 188 g/mol. The van der Waals surface area contributed by atoms with Crippen molar-refractivity contribution in [2.75, 3.05) is 0 Å². The van der Waals surface area contributed by atoms with Crippen LogP contribution in [0.25, 0.3) is 6.08 Å². The van der Waals surface area contributed by atoms with Crippen LogP contribution < -0.4 is 0 Å². The Morgan fingerprint density at radius 2 is 2.00 bits per heavy atom. The highest BCUT2D eigenvalue weighted by Gasteiger charge is 2.15. The summed E-state index contributed by atoms with van der Waals surface area (Å²) in [5.41, 5.74) is 3.31. The number of rotatable bonds is 2. The number of hydrogen-bond donors (Lipinski definition) is 0. The van der Waals surface area contributed by atoms with Crippen LogP contribution in [0.4, 0.5) is 0 Å². The van der Waals surface area contributed by atoms with Gasteiger partial charge in [0.1, 0.15) is 0 Å². The molecule has 14 heavy (non-hydrogen) atoms. The highest BCUT2D eigenvalue weighted by Crippen LogP contribution is 2.29. The molecule has 0 aliphatic rings. The third-order valence-corrected chi connectivity index (χ3v) is 3.13. The molecule has 0 aliphatic heterocycles. The molecule has 0 fully saturated rings. The lowest BCUT2D eigenvalue weighted by Crippen LogP contribution is -2.09. The molecule has 0 bridgehead atoms. The van der Waals surface area contributed by atoms with E-state index in [4.69, 9.17) is 0 Å². The van der Waals surface area contributed by atoms with Crippen molar-refractivity contribution in [3.05, 3.63) is 27.5 Å². The molecule has 1 heterocycles. The van der Waals surface area contributed by atoms with Crippen LogP contribution in [0.5, 0.6) is 0 Å². The van der Waals surface area contributed by atoms with Gasteiger partial charge < -0.3 is 0 Å². The van der Waals surface area contributed by atoms with Crippen LogP contribution in [-0.2, 0) is 6.42 Å². The van der Waals surface area contributed by atoms with E-state index in [1.807, 2.05) is 11.3 Å². The molecule has 0 aromatic carbocycles. The van der Waals surface area contributed by atoms with Gasteiger partial charge in [0.2, 0.25) is 0 Å². The van der Waals surface area contributed by atoms with Crippen LogP contribution >= 0.6 is 11.3 Å². The van der Waals surface area contributed by atoms with E-state index in [-0.39, 0.29) is 0 Å². The molecule has 1 aromatic rings. The summed E-state index contributed by atoms with van der Waals surface area (Å²) in [5.74, 6) is 0. The van der Waals surface area contributed by atoms with Crippen molar-refractivity contribution in [3.63, 3.8) is 0 Å². The van der Waals surface area contributed by atoms with E-state index in [9.17, 15) is 0 Å². The standard InChI is InChI=1S/C13H20S/c1-6-7-12-10(2)14-9-11(12)8-13(3,4)5/h6-7,9H,8H2,1-5H3/b7-6-. The van der Waals surface area contributed by atoms with Gasteiger partial charge in [-0.1, -0.05) is 32.9 Å². The first-order valence-electron chi connectivity index (χ1n) is 5.13. The topological polar surface area (TPSA) is 0 Å². The molecule has 1 rings (SSSR count). The lowest BCUT2D eigenvalue weighted by molar-refractivity contribution is 0.411. The van der Waals surface area contributed by atoms with Gasteiger partial charge >= 0.3 is 0 Å². The first-order valence-corrected chi connectivity index (χ1v) is 6.01. The molecule has 0 atom stereocenters. The summed E-state index contributed by atoms with van der Waals surface area (Å²) in [6.45, 7) is 11.2. The quantitative estimate of drug-likeness (QED) is 0.662. The summed E-state index contributed by atoms with van der Waals surface area (Å²) in [6, 6.07) is 0. The maximum absolute atomic E-state index is 2.30. The predicted octanol–water partition coefficient (Wildman–Crippen LogP) is 4.68. The normalized spacial score (nSPS) is 12.6. The van der Waals surface area contributed by atoms with Gasteiger partial charge in [-0.2, -0.15) is 0 Å². The van der Waals surface area contributed by atoms with Crippen molar-refractivity contribution in [2.24, 2.45) is 5.41 Å². The second-order valence-electron chi connectivity index (χ2n) is 4.97. The van der Waals surface area contributed by atoms with Crippen molar-refractivity contribution in [1.29, 1.82) is 0 Å². The minimum absolute atomic E-state index is 0.379. The zero-order chi connectivity index (χ0) is 10.8. The number of thiophene rings is 1. The van der Waals surface area contributed by atoms with E-state index in [0.29, 0.717) is 5.41 Å². The molecule has 78 valence electrons. The summed E-state index contributed by atoms with van der Waals surface area (Å²) in [7, 11) is 0. The lowest BCUT2D eigenvalue weighted by atomic mass is 9.87. The summed E-state index contributed by atoms with van der Waals surface area (Å²) in [4.78, 5) is 1.43. The molecule has 0 saturated heterocycles. The lowest BCUT2D eigenvalue weighted by Gasteiger charge is -2.17. The molecule has 0 nitrogen and oxygen atoms in total. The monoisotopic (exact) mass is 208 g/mol. The van der Waals surface area contributed by atoms with Gasteiger partial charge in [0, 0.05) is 4.88 Å². The Morgan fingerprint density at radius 1 is 1.36 bits per heavy atom. The van der Waals surface area contributed by atoms with Crippen LogP contribution in [0.1, 0.15) is 43.7 Å². The minimum atomic E-state index is 0.379. The van der Waals surface area contributed by atoms with Gasteiger partial charge in [-0.05, 0) is 42.2 Å². The average Bonchev–Trinajstić information content (AvgIpc) is 2.33. The third kappa shape index (κ3) is 2.98. The van der Waals surface area contributed by atoms with Crippen molar-refractivity contribution >= 4 is 17.4 Å². The summed E-state index contributed by atoms with van der Waals surface area (Å²) >= 11 is 1.86. The fourth-order valence-corrected chi connectivity index (χ4v) is 2.47. The van der Waals surface area contributed by atoms with Gasteiger partial charge in [0.15, 0.2) is 0 Å². The Balaban J connectivity index is 2.98. The largest absolute Gasteiger partial charge is 0.148 e. The molecule has 1 heteroatoms. The highest BCUT2D eigenvalue weighted by molar-refractivity contribution is 7.10. The van der Waals surface area contributed by atoms with Gasteiger partial charge in [0.05, 0.1) is 0 Å². The second-order valence-corrected chi connectivity index (χ2v) is 6.05. The molecule has 0 unspecified atom stereocenters. The minimum Gasteiger partial charge on any atom is -0.148 e. The van der Waals surface area contributed by atoms with Crippen LogP contribution in [0.3, 0.4) is 0 Å². The van der Waals surface area contributed by atoms with E-state index < -0.39 is 0 Å². The molecule has 0 saturated carbocycles. The van der Waals surface area contributed by atoms with Gasteiger partial charge in [-0.25, -0.2) is 0 Å². The average molecular weight is 208 g/mol. The number of hydrogen-bond acceptors (Lipinski definition) is 1. The molecule has 0 aliphatic carbocycles. The van der Waals surface area contributed by atoms with Crippen LogP contribution in [-0.4, -0.2) is 0 Å². The maximum atomic E-state index is 2.30. The molecule has 1 aromatic heterocycles. The Hall–Kier alpha value is -0.560. The Kier molecular flexibility index (Phi) is 3.54. The Labute approximate surface area is 91.7 Å². The number of aryl methyl sites for hydroxylation is 1. The fraction of sp³-hybridized carbons (Fsp3) is 0.538. The number of allylic oxidation sites excluding steroid dienone is 1. The van der Waals surface area contributed by atoms with Crippen molar-refractivity contribution in [2.45, 2.75) is 41.0 Å². The smallest absolute Gasteiger partial charge is 0.00893 e. The van der Waals surface area contributed by atoms with E-state index in [2.05, 4.69) is 52.2 Å². The second kappa shape index (κ2) is 4.31. The first-order chi connectivity index (χ1) is 6.44. The zero-order valence-electron chi connectivity index (χ0n) is 9.85. The summed E-state index contributed by atoms with van der Waals surface area (Å²) < 4.78 is 0. The van der Waals surface area contributed by atoms with E-state index in [1.54, 1.807) is 0 Å². The van der Waals surface area contributed by atoms with Gasteiger partial charge in [-0.3, -0.25) is 0 Å². The summed E-state index contributed by atoms with van der Waals surface area (Å²) in [6.07, 6.45) is 5.52. The Morgan fingerprint density at radius 3 is 2.50 bits per heavy atom. The van der Waals surface area contributed by atoms with Crippen LogP contribution in [0.2, 0.25) is 0 Å². The predicted molar refractivity (Wildman–Crippen MR) is 66.9 cm³/mol. The van der Waals surface area contributed by atoms with E-state index in [1.165, 1.54) is 16.0 Å². The van der Waals surface area contributed by atoms with Gasteiger partial charge in [0.25, 0.3) is 0 Å². The molecule has 0 amide bonds. The van der Waals surface area contributed by atoms with Crippen molar-refractivity contribution in [3.8, 4) is 0 Å². The zero-order valence-corrected chi connectivity index (χ0v) is 10.7. The Bertz CT molecular complexity index is 323. The molecule has 0 spiro atoms. The van der Waals surface area contributed by atoms with Crippen molar-refractivity contribution < 1.29 is 0 Å². The van der Waals surface area contributed by atoms with Crippen LogP contribution in [0, 0.1) is 12.3 Å². The van der Waals surface area contributed by atoms with Crippen LogP contribution in [0.15, 0.2) is 11.5 Å². The maximum Gasteiger partial charge on any atom is 0.00893 e.